The molecule has 0 aromatic heterocycles. The van der Waals surface area contributed by atoms with Gasteiger partial charge in [0.25, 0.3) is 5.91 Å². The van der Waals surface area contributed by atoms with Gasteiger partial charge in [-0.15, -0.1) is 0 Å². The largest absolute Gasteiger partial charge is 0.282 e. The molecule has 0 bridgehead atoms. The zero-order valence-corrected chi connectivity index (χ0v) is 17.6. The van der Waals surface area contributed by atoms with E-state index in [4.69, 9.17) is 34.8 Å². The number of rotatable bonds is 3. The van der Waals surface area contributed by atoms with Crippen LogP contribution in [-0.4, -0.2) is 11.7 Å². The molecule has 3 aromatic carbocycles. The first kappa shape index (κ1) is 19.7. The molecule has 0 unspecified atom stereocenters. The molecular formula is C23H15Cl3N2O. The third kappa shape index (κ3) is 3.95. The zero-order valence-electron chi connectivity index (χ0n) is 15.4. The normalized spacial score (nSPS) is 15.2. The minimum absolute atomic E-state index is 0.255. The van der Waals surface area contributed by atoms with Crippen LogP contribution in [0.25, 0.3) is 6.08 Å². The van der Waals surface area contributed by atoms with Crippen LogP contribution in [0.15, 0.2) is 77.4 Å². The van der Waals surface area contributed by atoms with E-state index in [1.165, 1.54) is 0 Å². The van der Waals surface area contributed by atoms with Crippen LogP contribution in [0.3, 0.4) is 0 Å². The smallest absolute Gasteiger partial charge is 0.266 e. The Kier molecular flexibility index (Phi) is 5.46. The van der Waals surface area contributed by atoms with Crippen LogP contribution in [-0.2, 0) is 4.79 Å². The van der Waals surface area contributed by atoms with Crippen LogP contribution >= 0.6 is 34.8 Å². The molecule has 1 amide bonds. The molecule has 0 N–H and O–H groups in total. The molecule has 1 aliphatic rings. The van der Waals surface area contributed by atoms with Crippen molar-refractivity contribution in [3.05, 3.63) is 104 Å². The van der Waals surface area contributed by atoms with Crippen LogP contribution in [0.1, 0.15) is 16.7 Å². The number of hydrogen-bond donors (Lipinski definition) is 0. The highest BCUT2D eigenvalue weighted by Gasteiger charge is 2.33. The van der Waals surface area contributed by atoms with Gasteiger partial charge in [-0.05, 0) is 55.0 Å². The summed E-state index contributed by atoms with van der Waals surface area (Å²) in [4.78, 5) is 19.5. The summed E-state index contributed by atoms with van der Waals surface area (Å²) < 4.78 is 0. The van der Waals surface area contributed by atoms with Crippen LogP contribution in [0.2, 0.25) is 15.1 Å². The number of amidine groups is 1. The third-order valence-electron chi connectivity index (χ3n) is 4.52. The maximum atomic E-state index is 13.3. The Morgan fingerprint density at radius 3 is 2.31 bits per heavy atom. The number of benzene rings is 3. The lowest BCUT2D eigenvalue weighted by molar-refractivity contribution is -0.113. The van der Waals surface area contributed by atoms with Gasteiger partial charge >= 0.3 is 0 Å². The van der Waals surface area contributed by atoms with Gasteiger partial charge in [-0.1, -0.05) is 70.7 Å². The number of aliphatic imine (C=N–C) groups is 1. The Morgan fingerprint density at radius 2 is 1.62 bits per heavy atom. The Labute approximate surface area is 183 Å². The lowest BCUT2D eigenvalue weighted by Crippen LogP contribution is -2.32. The van der Waals surface area contributed by atoms with Crippen LogP contribution in [0.5, 0.6) is 0 Å². The number of amides is 1. The van der Waals surface area contributed by atoms with Crippen molar-refractivity contribution in [3.63, 3.8) is 0 Å². The summed E-state index contributed by atoms with van der Waals surface area (Å²) in [6.45, 7) is 1.99. The van der Waals surface area contributed by atoms with Gasteiger partial charge in [-0.3, -0.25) is 9.69 Å². The second-order valence-electron chi connectivity index (χ2n) is 6.59. The predicted molar refractivity (Wildman–Crippen MR) is 121 cm³/mol. The first-order valence-electron chi connectivity index (χ1n) is 8.85. The maximum Gasteiger partial charge on any atom is 0.282 e. The topological polar surface area (TPSA) is 32.7 Å². The van der Waals surface area contributed by atoms with Gasteiger partial charge in [0.2, 0.25) is 0 Å². The van der Waals surface area contributed by atoms with Crippen LogP contribution in [0.4, 0.5) is 5.69 Å². The lowest BCUT2D eigenvalue weighted by atomic mass is 10.1. The summed E-state index contributed by atoms with van der Waals surface area (Å²) in [5, 5.41) is 1.49. The number of hydrogen-bond acceptors (Lipinski definition) is 2. The second-order valence-corrected chi connectivity index (χ2v) is 7.84. The predicted octanol–water partition coefficient (Wildman–Crippen LogP) is 6.79. The Morgan fingerprint density at radius 1 is 0.897 bits per heavy atom. The van der Waals surface area contributed by atoms with Gasteiger partial charge in [0.1, 0.15) is 11.5 Å². The standard InChI is InChI=1S/C23H15Cl3N2O/c1-14-6-10-17(11-7-14)28-22(18-4-2-3-5-19(18)25)27-21(23(28)29)12-15-8-9-16(24)13-20(15)26/h2-13H,1H3/b21-12+. The molecule has 144 valence electrons. The van der Waals surface area contributed by atoms with E-state index in [1.54, 1.807) is 35.2 Å². The van der Waals surface area contributed by atoms with Crippen LogP contribution < -0.4 is 4.90 Å². The fourth-order valence-electron chi connectivity index (χ4n) is 3.04. The fourth-order valence-corrected chi connectivity index (χ4v) is 3.72. The molecule has 3 nitrogen and oxygen atoms in total. The number of nitrogens with zero attached hydrogens (tertiary/aromatic N) is 2. The van der Waals surface area contributed by atoms with Crippen molar-refractivity contribution in [3.8, 4) is 0 Å². The van der Waals surface area contributed by atoms with Gasteiger partial charge in [0, 0.05) is 15.6 Å². The highest BCUT2D eigenvalue weighted by molar-refractivity contribution is 6.40. The van der Waals surface area contributed by atoms with Gasteiger partial charge in [0.05, 0.1) is 10.7 Å². The summed E-state index contributed by atoms with van der Waals surface area (Å²) in [6.07, 6.45) is 1.66. The van der Waals surface area contributed by atoms with Crippen molar-refractivity contribution in [1.29, 1.82) is 0 Å². The quantitative estimate of drug-likeness (QED) is 0.412. The Bertz CT molecular complexity index is 1170. The number of aryl methyl sites for hydroxylation is 1. The fraction of sp³-hybridized carbons (Fsp3) is 0.0435. The average Bonchev–Trinajstić information content (AvgIpc) is 3.01. The minimum Gasteiger partial charge on any atom is -0.266 e. The van der Waals surface area contributed by atoms with E-state index in [-0.39, 0.29) is 11.6 Å². The first-order valence-corrected chi connectivity index (χ1v) is 9.99. The molecule has 1 aliphatic heterocycles. The van der Waals surface area contributed by atoms with Gasteiger partial charge in [-0.2, -0.15) is 0 Å². The van der Waals surface area contributed by atoms with E-state index >= 15 is 0 Å². The minimum atomic E-state index is -0.255. The monoisotopic (exact) mass is 440 g/mol. The lowest BCUT2D eigenvalue weighted by Gasteiger charge is -2.19. The van der Waals surface area contributed by atoms with Crippen molar-refractivity contribution in [2.75, 3.05) is 4.90 Å². The van der Waals surface area contributed by atoms with Gasteiger partial charge in [-0.25, -0.2) is 4.99 Å². The molecule has 3 aromatic rings. The van der Waals surface area contributed by atoms with Crippen molar-refractivity contribution in [1.82, 2.24) is 0 Å². The highest BCUT2D eigenvalue weighted by atomic mass is 35.5. The van der Waals surface area contributed by atoms with E-state index in [9.17, 15) is 4.79 Å². The number of carbonyl (C=O) groups is 1. The van der Waals surface area contributed by atoms with Crippen molar-refractivity contribution in [2.24, 2.45) is 4.99 Å². The van der Waals surface area contributed by atoms with E-state index in [0.29, 0.717) is 37.7 Å². The number of halogens is 3. The third-order valence-corrected chi connectivity index (χ3v) is 5.41. The van der Waals surface area contributed by atoms with E-state index in [2.05, 4.69) is 4.99 Å². The summed E-state index contributed by atoms with van der Waals surface area (Å²) >= 11 is 18.7. The van der Waals surface area contributed by atoms with E-state index < -0.39 is 0 Å². The molecule has 0 atom stereocenters. The average molecular weight is 442 g/mol. The molecule has 6 heteroatoms. The van der Waals surface area contributed by atoms with Crippen molar-refractivity contribution in [2.45, 2.75) is 6.92 Å². The Balaban J connectivity index is 1.86. The second kappa shape index (κ2) is 8.03. The molecular weight excluding hydrogens is 427 g/mol. The van der Waals surface area contributed by atoms with Crippen molar-refractivity contribution < 1.29 is 4.79 Å². The number of carbonyl (C=O) groups excluding carboxylic acids is 1. The molecule has 1 heterocycles. The maximum absolute atomic E-state index is 13.3. The molecule has 4 rings (SSSR count). The molecule has 0 saturated carbocycles. The first-order chi connectivity index (χ1) is 13.9. The summed E-state index contributed by atoms with van der Waals surface area (Å²) in [5.41, 5.74) is 3.41. The number of anilines is 1. The Hall–Kier alpha value is -2.59. The molecule has 29 heavy (non-hydrogen) atoms. The molecule has 0 aliphatic carbocycles. The molecule has 0 saturated heterocycles. The van der Waals surface area contributed by atoms with E-state index in [1.807, 2.05) is 49.4 Å². The SMILES string of the molecule is Cc1ccc(N2C(=O)/C(=C\c3ccc(Cl)cc3Cl)N=C2c2ccccc2Cl)cc1. The van der Waals surface area contributed by atoms with Gasteiger partial charge < -0.3 is 0 Å². The summed E-state index contributed by atoms with van der Waals surface area (Å²) in [6, 6.07) is 20.1. The summed E-state index contributed by atoms with van der Waals surface area (Å²) in [5.74, 6) is 0.218. The molecule has 0 spiro atoms. The van der Waals surface area contributed by atoms with Crippen molar-refractivity contribution >= 4 is 58.3 Å². The molecule has 0 radical (unpaired) electrons. The van der Waals surface area contributed by atoms with Gasteiger partial charge in [0.15, 0.2) is 0 Å². The van der Waals surface area contributed by atoms with Crippen LogP contribution in [0, 0.1) is 6.92 Å². The van der Waals surface area contributed by atoms with E-state index in [0.717, 1.165) is 5.56 Å². The zero-order chi connectivity index (χ0) is 20.5. The summed E-state index contributed by atoms with van der Waals surface area (Å²) in [7, 11) is 0. The highest BCUT2D eigenvalue weighted by Crippen LogP contribution is 2.31. The molecule has 0 fully saturated rings.